The molecule has 74 valence electrons. The monoisotopic (exact) mass is 218 g/mol. The molecule has 0 spiro atoms. The second-order valence-corrected chi connectivity index (χ2v) is 3.37. The molecular formula is C10H7ClN4. The average molecular weight is 219 g/mol. The molecule has 2 rings (SSSR count). The van der Waals surface area contributed by atoms with E-state index in [1.165, 1.54) is 0 Å². The van der Waals surface area contributed by atoms with Crippen LogP contribution in [-0.2, 0) is 6.42 Å². The molecular weight excluding hydrogens is 212 g/mol. The van der Waals surface area contributed by atoms with E-state index in [1.54, 1.807) is 12.3 Å². The van der Waals surface area contributed by atoms with Gasteiger partial charge in [-0.05, 0) is 17.7 Å². The van der Waals surface area contributed by atoms with Crippen LogP contribution in [0.25, 0.3) is 0 Å². The number of aromatic amines is 1. The quantitative estimate of drug-likeness (QED) is 0.784. The molecule has 2 aromatic heterocycles. The number of aromatic nitrogens is 3. The molecule has 5 heteroatoms. The summed E-state index contributed by atoms with van der Waals surface area (Å²) in [5, 5.41) is 15.7. The van der Waals surface area contributed by atoms with E-state index in [-0.39, 0.29) is 0 Å². The molecule has 0 aliphatic rings. The van der Waals surface area contributed by atoms with Gasteiger partial charge < -0.3 is 0 Å². The molecule has 2 aromatic rings. The highest BCUT2D eigenvalue weighted by Crippen LogP contribution is 2.15. The fraction of sp³-hybridized carbons (Fsp3) is 0.100. The number of nitrogens with one attached hydrogen (secondary N) is 1. The van der Waals surface area contributed by atoms with Gasteiger partial charge in [-0.25, -0.2) is 4.98 Å². The lowest BCUT2D eigenvalue weighted by molar-refractivity contribution is 0.985. The molecule has 0 aromatic carbocycles. The second kappa shape index (κ2) is 4.11. The van der Waals surface area contributed by atoms with Gasteiger partial charge in [0.2, 0.25) is 0 Å². The summed E-state index contributed by atoms with van der Waals surface area (Å²) in [7, 11) is 0. The first-order valence-corrected chi connectivity index (χ1v) is 4.71. The van der Waals surface area contributed by atoms with Crippen molar-refractivity contribution in [3.05, 3.63) is 46.5 Å². The Morgan fingerprint density at radius 2 is 2.40 bits per heavy atom. The fourth-order valence-electron chi connectivity index (χ4n) is 1.26. The summed E-state index contributed by atoms with van der Waals surface area (Å²) < 4.78 is 0. The number of halogens is 1. The number of hydrogen-bond donors (Lipinski definition) is 1. The topological polar surface area (TPSA) is 65.4 Å². The van der Waals surface area contributed by atoms with Crippen LogP contribution >= 0.6 is 11.6 Å². The van der Waals surface area contributed by atoms with Crippen LogP contribution < -0.4 is 0 Å². The first-order valence-electron chi connectivity index (χ1n) is 4.33. The van der Waals surface area contributed by atoms with Gasteiger partial charge >= 0.3 is 0 Å². The molecule has 0 saturated heterocycles. The van der Waals surface area contributed by atoms with Crippen molar-refractivity contribution in [3.63, 3.8) is 0 Å². The third kappa shape index (κ3) is 2.14. The van der Waals surface area contributed by atoms with Gasteiger partial charge in [-0.1, -0.05) is 17.7 Å². The summed E-state index contributed by atoms with van der Waals surface area (Å²) in [5.41, 5.74) is 2.13. The van der Waals surface area contributed by atoms with Crippen molar-refractivity contribution >= 4 is 11.6 Å². The summed E-state index contributed by atoms with van der Waals surface area (Å²) >= 11 is 5.90. The largest absolute Gasteiger partial charge is 0.268 e. The van der Waals surface area contributed by atoms with Crippen LogP contribution in [0.2, 0.25) is 5.15 Å². The Kier molecular flexibility index (Phi) is 2.66. The molecule has 2 heterocycles. The van der Waals surface area contributed by atoms with Gasteiger partial charge in [0.15, 0.2) is 0 Å². The van der Waals surface area contributed by atoms with E-state index >= 15 is 0 Å². The van der Waals surface area contributed by atoms with Crippen LogP contribution in [0, 0.1) is 11.3 Å². The van der Waals surface area contributed by atoms with Crippen molar-refractivity contribution < 1.29 is 0 Å². The van der Waals surface area contributed by atoms with Gasteiger partial charge in [0, 0.05) is 12.6 Å². The van der Waals surface area contributed by atoms with Gasteiger partial charge in [0.05, 0.1) is 5.69 Å². The van der Waals surface area contributed by atoms with Crippen LogP contribution in [0.1, 0.15) is 17.0 Å². The standard InChI is InChI=1S/C10H7ClN4/c11-10-7(2-1-3-13-10)4-8-5-9(6-12)15-14-8/h1-3,5H,4H2,(H,14,15). The molecule has 0 unspecified atom stereocenters. The zero-order chi connectivity index (χ0) is 10.7. The van der Waals surface area contributed by atoms with E-state index in [9.17, 15) is 0 Å². The Labute approximate surface area is 91.5 Å². The molecule has 0 bridgehead atoms. The van der Waals surface area contributed by atoms with Crippen molar-refractivity contribution in [2.75, 3.05) is 0 Å². The number of H-pyrrole nitrogens is 1. The highest BCUT2D eigenvalue weighted by molar-refractivity contribution is 6.30. The van der Waals surface area contributed by atoms with E-state index in [2.05, 4.69) is 15.2 Å². The molecule has 0 saturated carbocycles. The average Bonchev–Trinajstić information content (AvgIpc) is 2.69. The van der Waals surface area contributed by atoms with Gasteiger partial charge in [0.1, 0.15) is 16.9 Å². The molecule has 0 aliphatic heterocycles. The van der Waals surface area contributed by atoms with Crippen molar-refractivity contribution in [3.8, 4) is 6.07 Å². The highest BCUT2D eigenvalue weighted by Gasteiger charge is 2.05. The third-order valence-electron chi connectivity index (χ3n) is 1.96. The smallest absolute Gasteiger partial charge is 0.135 e. The minimum absolute atomic E-state index is 0.449. The maximum absolute atomic E-state index is 8.61. The Hall–Kier alpha value is -1.86. The predicted octanol–water partition coefficient (Wildman–Crippen LogP) is 1.92. The highest BCUT2D eigenvalue weighted by atomic mass is 35.5. The van der Waals surface area contributed by atoms with Gasteiger partial charge in [-0.3, -0.25) is 5.10 Å². The van der Waals surface area contributed by atoms with Crippen LogP contribution in [0.4, 0.5) is 0 Å². The van der Waals surface area contributed by atoms with E-state index in [0.29, 0.717) is 17.3 Å². The van der Waals surface area contributed by atoms with E-state index in [1.807, 2.05) is 18.2 Å². The van der Waals surface area contributed by atoms with Gasteiger partial charge in [-0.2, -0.15) is 10.4 Å². The lowest BCUT2D eigenvalue weighted by Gasteiger charge is -1.98. The number of pyridine rings is 1. The van der Waals surface area contributed by atoms with E-state index in [4.69, 9.17) is 16.9 Å². The summed E-state index contributed by atoms with van der Waals surface area (Å²) in [6, 6.07) is 7.38. The maximum atomic E-state index is 8.61. The summed E-state index contributed by atoms with van der Waals surface area (Å²) in [6.45, 7) is 0. The molecule has 0 radical (unpaired) electrons. The molecule has 0 amide bonds. The lowest BCUT2D eigenvalue weighted by Crippen LogP contribution is -1.91. The van der Waals surface area contributed by atoms with E-state index in [0.717, 1.165) is 11.3 Å². The van der Waals surface area contributed by atoms with Crippen LogP contribution in [0.15, 0.2) is 24.4 Å². The number of nitrogens with zero attached hydrogens (tertiary/aromatic N) is 3. The predicted molar refractivity (Wildman–Crippen MR) is 55.4 cm³/mol. The molecule has 4 nitrogen and oxygen atoms in total. The minimum atomic E-state index is 0.449. The third-order valence-corrected chi connectivity index (χ3v) is 2.30. The Balaban J connectivity index is 2.23. The normalized spacial score (nSPS) is 9.87. The van der Waals surface area contributed by atoms with Crippen LogP contribution in [0.5, 0.6) is 0 Å². The van der Waals surface area contributed by atoms with Crippen LogP contribution in [-0.4, -0.2) is 15.2 Å². The van der Waals surface area contributed by atoms with E-state index < -0.39 is 0 Å². The van der Waals surface area contributed by atoms with Crippen molar-refractivity contribution in [1.29, 1.82) is 5.26 Å². The van der Waals surface area contributed by atoms with Gasteiger partial charge in [-0.15, -0.1) is 0 Å². The zero-order valence-electron chi connectivity index (χ0n) is 7.74. The molecule has 0 atom stereocenters. The summed E-state index contributed by atoms with van der Waals surface area (Å²) in [6.07, 6.45) is 2.21. The molecule has 0 fully saturated rings. The Morgan fingerprint density at radius 3 is 3.07 bits per heavy atom. The minimum Gasteiger partial charge on any atom is -0.268 e. The lowest BCUT2D eigenvalue weighted by atomic mass is 10.1. The maximum Gasteiger partial charge on any atom is 0.135 e. The number of rotatable bonds is 2. The number of nitriles is 1. The van der Waals surface area contributed by atoms with Gasteiger partial charge in [0.25, 0.3) is 0 Å². The van der Waals surface area contributed by atoms with Crippen LogP contribution in [0.3, 0.4) is 0 Å². The molecule has 0 aliphatic carbocycles. The first kappa shape index (κ1) is 9.69. The van der Waals surface area contributed by atoms with Crippen molar-refractivity contribution in [2.24, 2.45) is 0 Å². The summed E-state index contributed by atoms with van der Waals surface area (Å²) in [4.78, 5) is 3.96. The zero-order valence-corrected chi connectivity index (χ0v) is 8.49. The fourth-order valence-corrected chi connectivity index (χ4v) is 1.44. The second-order valence-electron chi connectivity index (χ2n) is 3.01. The first-order chi connectivity index (χ1) is 7.29. The van der Waals surface area contributed by atoms with Crippen molar-refractivity contribution in [2.45, 2.75) is 6.42 Å². The molecule has 1 N–H and O–H groups in total. The Morgan fingerprint density at radius 1 is 1.53 bits per heavy atom. The SMILES string of the molecule is N#Cc1cc(Cc2cccnc2Cl)n[nH]1. The van der Waals surface area contributed by atoms with Crippen molar-refractivity contribution in [1.82, 2.24) is 15.2 Å². The summed E-state index contributed by atoms with van der Waals surface area (Å²) in [5.74, 6) is 0. The molecule has 15 heavy (non-hydrogen) atoms. The Bertz CT molecular complexity index is 512. The number of hydrogen-bond acceptors (Lipinski definition) is 3.